The Bertz CT molecular complexity index is 1070. The summed E-state index contributed by atoms with van der Waals surface area (Å²) in [5.41, 5.74) is 0.717. The second kappa shape index (κ2) is 8.95. The molecule has 0 aliphatic heterocycles. The lowest BCUT2D eigenvalue weighted by Crippen LogP contribution is -2.16. The number of anilines is 1. The molecule has 3 rings (SSSR count). The van der Waals surface area contributed by atoms with Gasteiger partial charge in [-0.3, -0.25) is 9.48 Å². The number of carbonyl (C=O) groups is 3. The van der Waals surface area contributed by atoms with Crippen molar-refractivity contribution in [1.29, 1.82) is 0 Å². The highest BCUT2D eigenvalue weighted by atomic mass is 16.5. The molecule has 0 radical (unpaired) electrons. The van der Waals surface area contributed by atoms with Crippen LogP contribution in [0, 0.1) is 0 Å². The molecular formula is C20H19N3O7. The lowest BCUT2D eigenvalue weighted by Gasteiger charge is -2.06. The molecule has 10 nitrogen and oxygen atoms in total. The van der Waals surface area contributed by atoms with E-state index in [-0.39, 0.29) is 23.7 Å². The van der Waals surface area contributed by atoms with E-state index in [1.807, 2.05) is 0 Å². The zero-order valence-electron chi connectivity index (χ0n) is 16.5. The van der Waals surface area contributed by atoms with Gasteiger partial charge in [0.05, 0.1) is 31.7 Å². The van der Waals surface area contributed by atoms with Gasteiger partial charge in [-0.25, -0.2) is 9.59 Å². The van der Waals surface area contributed by atoms with Crippen LogP contribution in [-0.2, 0) is 23.1 Å². The molecule has 0 aliphatic carbocycles. The molecule has 0 bridgehead atoms. The van der Waals surface area contributed by atoms with Gasteiger partial charge in [-0.1, -0.05) is 0 Å². The van der Waals surface area contributed by atoms with Crippen LogP contribution >= 0.6 is 0 Å². The highest BCUT2D eigenvalue weighted by Gasteiger charge is 2.21. The number of hydrogen-bond donors (Lipinski definition) is 1. The fraction of sp³-hybridized carbons (Fsp3) is 0.200. The Labute approximate surface area is 171 Å². The lowest BCUT2D eigenvalue weighted by molar-refractivity contribution is 0.0584. The van der Waals surface area contributed by atoms with Crippen molar-refractivity contribution in [2.45, 2.75) is 6.61 Å². The predicted octanol–water partition coefficient (Wildman–Crippen LogP) is 2.42. The molecule has 1 aromatic carbocycles. The van der Waals surface area contributed by atoms with Crippen molar-refractivity contribution in [3.05, 3.63) is 65.4 Å². The van der Waals surface area contributed by atoms with Crippen LogP contribution in [0.4, 0.5) is 5.69 Å². The summed E-state index contributed by atoms with van der Waals surface area (Å²) < 4.78 is 21.7. The van der Waals surface area contributed by atoms with E-state index in [0.717, 1.165) is 0 Å². The van der Waals surface area contributed by atoms with E-state index in [4.69, 9.17) is 13.9 Å². The first-order valence-corrected chi connectivity index (χ1v) is 8.74. The smallest absolute Gasteiger partial charge is 0.358 e. The Kier molecular flexibility index (Phi) is 6.16. The molecule has 0 spiro atoms. The van der Waals surface area contributed by atoms with Gasteiger partial charge in [0.1, 0.15) is 18.1 Å². The number of aromatic nitrogens is 2. The third-order valence-electron chi connectivity index (χ3n) is 4.11. The van der Waals surface area contributed by atoms with Gasteiger partial charge < -0.3 is 23.9 Å². The van der Waals surface area contributed by atoms with Crippen LogP contribution in [0.15, 0.2) is 47.0 Å². The molecule has 30 heavy (non-hydrogen) atoms. The standard InChI is InChI=1S/C20H19N3O7/c1-23-17(20(26)28-3)15(10-21-23)22-18(24)16-9-8-14(30-16)11-29-13-6-4-12(5-7-13)19(25)27-2/h4-10H,11H2,1-3H3,(H,22,24). The molecule has 2 aromatic heterocycles. The third kappa shape index (κ3) is 4.49. The van der Waals surface area contributed by atoms with E-state index in [1.54, 1.807) is 37.4 Å². The number of aryl methyl sites for hydroxylation is 1. The largest absolute Gasteiger partial charge is 0.486 e. The van der Waals surface area contributed by atoms with Gasteiger partial charge in [0.25, 0.3) is 5.91 Å². The summed E-state index contributed by atoms with van der Waals surface area (Å²) in [6.45, 7) is 0.0746. The van der Waals surface area contributed by atoms with E-state index in [9.17, 15) is 14.4 Å². The van der Waals surface area contributed by atoms with Gasteiger partial charge in [-0.05, 0) is 36.4 Å². The van der Waals surface area contributed by atoms with E-state index < -0.39 is 17.8 Å². The summed E-state index contributed by atoms with van der Waals surface area (Å²) in [7, 11) is 4.10. The highest BCUT2D eigenvalue weighted by molar-refractivity contribution is 6.06. The summed E-state index contributed by atoms with van der Waals surface area (Å²) in [5.74, 6) is -0.653. The summed E-state index contributed by atoms with van der Waals surface area (Å²) in [6, 6.07) is 9.49. The molecule has 0 saturated carbocycles. The van der Waals surface area contributed by atoms with Crippen LogP contribution in [0.5, 0.6) is 5.75 Å². The minimum Gasteiger partial charge on any atom is -0.486 e. The van der Waals surface area contributed by atoms with Crippen molar-refractivity contribution >= 4 is 23.5 Å². The van der Waals surface area contributed by atoms with E-state index in [0.29, 0.717) is 17.1 Å². The first kappa shape index (κ1) is 20.6. The molecule has 0 saturated heterocycles. The lowest BCUT2D eigenvalue weighted by atomic mass is 10.2. The number of nitrogens with zero attached hydrogens (tertiary/aromatic N) is 2. The first-order chi connectivity index (χ1) is 14.4. The molecule has 2 heterocycles. The maximum atomic E-state index is 12.4. The topological polar surface area (TPSA) is 122 Å². The number of hydrogen-bond acceptors (Lipinski definition) is 8. The van der Waals surface area contributed by atoms with Crippen LogP contribution in [0.3, 0.4) is 0 Å². The number of rotatable bonds is 7. The number of ether oxygens (including phenoxy) is 3. The van der Waals surface area contributed by atoms with E-state index in [1.165, 1.54) is 31.2 Å². The molecule has 10 heteroatoms. The fourth-order valence-corrected chi connectivity index (χ4v) is 2.59. The number of benzene rings is 1. The summed E-state index contributed by atoms with van der Waals surface area (Å²) >= 11 is 0. The molecule has 0 fully saturated rings. The maximum Gasteiger partial charge on any atom is 0.358 e. The van der Waals surface area contributed by atoms with Crippen LogP contribution < -0.4 is 10.1 Å². The minimum atomic E-state index is -0.628. The number of furan rings is 1. The summed E-state index contributed by atoms with van der Waals surface area (Å²) in [5, 5.41) is 6.52. The molecule has 0 atom stereocenters. The Morgan fingerprint density at radius 3 is 2.40 bits per heavy atom. The normalized spacial score (nSPS) is 10.4. The second-order valence-corrected chi connectivity index (χ2v) is 6.05. The summed E-state index contributed by atoms with van der Waals surface area (Å²) in [6.07, 6.45) is 1.34. The third-order valence-corrected chi connectivity index (χ3v) is 4.11. The van der Waals surface area contributed by atoms with Crippen molar-refractivity contribution in [1.82, 2.24) is 9.78 Å². The fourth-order valence-electron chi connectivity index (χ4n) is 2.59. The first-order valence-electron chi connectivity index (χ1n) is 8.74. The van der Waals surface area contributed by atoms with Gasteiger partial charge in [0, 0.05) is 7.05 Å². The van der Waals surface area contributed by atoms with Crippen LogP contribution in [0.1, 0.15) is 37.2 Å². The van der Waals surface area contributed by atoms with Crippen LogP contribution in [0.25, 0.3) is 0 Å². The Morgan fingerprint density at radius 1 is 1.03 bits per heavy atom. The van der Waals surface area contributed by atoms with Crippen LogP contribution in [0.2, 0.25) is 0 Å². The van der Waals surface area contributed by atoms with Crippen molar-refractivity contribution in [2.24, 2.45) is 7.05 Å². The van der Waals surface area contributed by atoms with Gasteiger partial charge in [0.2, 0.25) is 0 Å². The number of amides is 1. The zero-order chi connectivity index (χ0) is 21.7. The molecular weight excluding hydrogens is 394 g/mol. The molecule has 1 amide bonds. The number of nitrogens with one attached hydrogen (secondary N) is 1. The number of esters is 2. The average molecular weight is 413 g/mol. The van der Waals surface area contributed by atoms with E-state index >= 15 is 0 Å². The van der Waals surface area contributed by atoms with Crippen molar-refractivity contribution < 1.29 is 33.0 Å². The van der Waals surface area contributed by atoms with Gasteiger partial charge in [0.15, 0.2) is 11.5 Å². The number of methoxy groups -OCH3 is 2. The molecule has 156 valence electrons. The quantitative estimate of drug-likeness (QED) is 0.586. The molecule has 0 unspecified atom stereocenters. The Hall–Kier alpha value is -4.08. The molecule has 3 aromatic rings. The predicted molar refractivity (Wildman–Crippen MR) is 103 cm³/mol. The average Bonchev–Trinajstić information content (AvgIpc) is 3.38. The van der Waals surface area contributed by atoms with Gasteiger partial charge in [-0.2, -0.15) is 5.10 Å². The Morgan fingerprint density at radius 2 is 1.73 bits per heavy atom. The second-order valence-electron chi connectivity index (χ2n) is 6.05. The maximum absolute atomic E-state index is 12.4. The Balaban J connectivity index is 1.62. The monoisotopic (exact) mass is 413 g/mol. The van der Waals surface area contributed by atoms with Crippen LogP contribution in [-0.4, -0.2) is 41.8 Å². The highest BCUT2D eigenvalue weighted by Crippen LogP contribution is 2.19. The minimum absolute atomic E-state index is 0.0364. The van der Waals surface area contributed by atoms with Crippen molar-refractivity contribution in [2.75, 3.05) is 19.5 Å². The number of carbonyl (C=O) groups excluding carboxylic acids is 3. The van der Waals surface area contributed by atoms with Crippen molar-refractivity contribution in [3.63, 3.8) is 0 Å². The zero-order valence-corrected chi connectivity index (χ0v) is 16.5. The summed E-state index contributed by atoms with van der Waals surface area (Å²) in [4.78, 5) is 35.7. The molecule has 0 aliphatic rings. The van der Waals surface area contributed by atoms with E-state index in [2.05, 4.69) is 15.2 Å². The van der Waals surface area contributed by atoms with Gasteiger partial charge >= 0.3 is 11.9 Å². The molecule has 1 N–H and O–H groups in total. The van der Waals surface area contributed by atoms with Gasteiger partial charge in [-0.15, -0.1) is 0 Å². The van der Waals surface area contributed by atoms with Crippen molar-refractivity contribution in [3.8, 4) is 5.75 Å². The SMILES string of the molecule is COC(=O)c1ccc(OCc2ccc(C(=O)Nc3cnn(C)c3C(=O)OC)o2)cc1.